The molecule has 2 fully saturated rings. The molecule has 0 bridgehead atoms. The molecule has 0 aromatic carbocycles. The van der Waals surface area contributed by atoms with Crippen molar-refractivity contribution in [3.8, 4) is 0 Å². The number of piperidine rings is 1. The lowest BCUT2D eigenvalue weighted by Gasteiger charge is -2.35. The molecule has 2 aliphatic heterocycles. The van der Waals surface area contributed by atoms with E-state index in [9.17, 15) is 8.42 Å². The first-order chi connectivity index (χ1) is 10.6. The fraction of sp³-hybridized carbons (Fsp3) is 0.750. The maximum absolute atomic E-state index is 12.9. The van der Waals surface area contributed by atoms with E-state index in [1.54, 1.807) is 10.4 Å². The van der Waals surface area contributed by atoms with Crippen LogP contribution in [0.2, 0.25) is 0 Å². The van der Waals surface area contributed by atoms with Gasteiger partial charge in [-0.2, -0.15) is 4.31 Å². The predicted octanol–water partition coefficient (Wildman–Crippen LogP) is 3.09. The van der Waals surface area contributed by atoms with Crippen LogP contribution in [0.25, 0.3) is 0 Å². The summed E-state index contributed by atoms with van der Waals surface area (Å²) in [6.45, 7) is 6.06. The summed E-state index contributed by atoms with van der Waals surface area (Å²) in [5.41, 5.74) is 0. The number of sulfonamides is 1. The lowest BCUT2D eigenvalue weighted by Crippen LogP contribution is -2.44. The van der Waals surface area contributed by atoms with E-state index in [1.165, 1.54) is 37.3 Å². The van der Waals surface area contributed by atoms with Crippen LogP contribution in [0.1, 0.15) is 43.4 Å². The van der Waals surface area contributed by atoms with Gasteiger partial charge < -0.3 is 4.90 Å². The van der Waals surface area contributed by atoms with Gasteiger partial charge in [-0.15, -0.1) is 11.3 Å². The second kappa shape index (κ2) is 6.99. The van der Waals surface area contributed by atoms with Gasteiger partial charge in [-0.3, -0.25) is 0 Å². The number of hydrogen-bond donors (Lipinski definition) is 0. The maximum atomic E-state index is 12.9. The van der Waals surface area contributed by atoms with Gasteiger partial charge in [0.15, 0.2) is 0 Å². The number of aryl methyl sites for hydroxylation is 1. The highest BCUT2D eigenvalue weighted by molar-refractivity contribution is 7.91. The molecule has 0 aliphatic carbocycles. The third-order valence-corrected chi connectivity index (χ3v) is 8.25. The van der Waals surface area contributed by atoms with Crippen LogP contribution in [-0.2, 0) is 10.0 Å². The van der Waals surface area contributed by atoms with Crippen LogP contribution in [0.4, 0.5) is 0 Å². The van der Waals surface area contributed by atoms with Gasteiger partial charge in [0.05, 0.1) is 0 Å². The molecule has 22 heavy (non-hydrogen) atoms. The SMILES string of the molecule is Cc1ccc(S(=O)(=O)N2CCCC[C@@H]2CCN2CCCC2)s1. The summed E-state index contributed by atoms with van der Waals surface area (Å²) in [6, 6.07) is 3.85. The van der Waals surface area contributed by atoms with Crippen molar-refractivity contribution in [2.75, 3.05) is 26.2 Å². The van der Waals surface area contributed by atoms with Gasteiger partial charge in [0, 0.05) is 17.5 Å². The van der Waals surface area contributed by atoms with Crippen LogP contribution in [-0.4, -0.2) is 49.8 Å². The average molecular weight is 343 g/mol. The van der Waals surface area contributed by atoms with E-state index in [-0.39, 0.29) is 6.04 Å². The number of likely N-dealkylation sites (tertiary alicyclic amines) is 1. The van der Waals surface area contributed by atoms with E-state index in [1.807, 2.05) is 13.0 Å². The van der Waals surface area contributed by atoms with Gasteiger partial charge in [0.1, 0.15) is 4.21 Å². The Labute approximate surface area is 138 Å². The van der Waals surface area contributed by atoms with Crippen LogP contribution >= 0.6 is 11.3 Å². The van der Waals surface area contributed by atoms with E-state index >= 15 is 0 Å². The summed E-state index contributed by atoms with van der Waals surface area (Å²) >= 11 is 1.39. The molecular weight excluding hydrogens is 316 g/mol. The van der Waals surface area contributed by atoms with Crippen molar-refractivity contribution in [1.82, 2.24) is 9.21 Å². The van der Waals surface area contributed by atoms with Gasteiger partial charge >= 0.3 is 0 Å². The molecule has 4 nitrogen and oxygen atoms in total. The average Bonchev–Trinajstić information content (AvgIpc) is 3.17. The van der Waals surface area contributed by atoms with Crippen molar-refractivity contribution in [2.24, 2.45) is 0 Å². The van der Waals surface area contributed by atoms with Crippen LogP contribution in [0.3, 0.4) is 0 Å². The van der Waals surface area contributed by atoms with Crippen LogP contribution < -0.4 is 0 Å². The standard InChI is InChI=1S/C16H26N2O2S2/c1-14-7-8-16(21-14)22(19,20)18-12-3-2-6-15(18)9-13-17-10-4-5-11-17/h7-8,15H,2-6,9-13H2,1H3/t15-/m1/s1. The van der Waals surface area contributed by atoms with E-state index in [2.05, 4.69) is 4.90 Å². The third kappa shape index (κ3) is 3.55. The first-order valence-electron chi connectivity index (χ1n) is 8.38. The Hall–Kier alpha value is -0.430. The largest absolute Gasteiger partial charge is 0.303 e. The normalized spacial score (nSPS) is 24.9. The summed E-state index contributed by atoms with van der Waals surface area (Å²) in [7, 11) is -3.30. The fourth-order valence-corrected chi connectivity index (χ4v) is 6.72. The Balaban J connectivity index is 1.71. The molecule has 1 aromatic heterocycles. The molecule has 3 rings (SSSR count). The quantitative estimate of drug-likeness (QED) is 0.826. The molecule has 0 N–H and O–H groups in total. The van der Waals surface area contributed by atoms with Gasteiger partial charge in [0.25, 0.3) is 10.0 Å². The minimum Gasteiger partial charge on any atom is -0.303 e. The predicted molar refractivity (Wildman–Crippen MR) is 90.9 cm³/mol. The zero-order chi connectivity index (χ0) is 15.6. The monoisotopic (exact) mass is 342 g/mol. The first kappa shape index (κ1) is 16.4. The summed E-state index contributed by atoms with van der Waals surface area (Å²) in [5, 5.41) is 0. The highest BCUT2D eigenvalue weighted by atomic mass is 32.2. The Kier molecular flexibility index (Phi) is 5.22. The second-order valence-electron chi connectivity index (χ2n) is 6.47. The molecule has 0 unspecified atom stereocenters. The molecule has 3 heterocycles. The lowest BCUT2D eigenvalue weighted by molar-refractivity contribution is 0.213. The number of thiophene rings is 1. The molecule has 1 atom stereocenters. The summed E-state index contributed by atoms with van der Waals surface area (Å²) in [4.78, 5) is 3.54. The fourth-order valence-electron chi connectivity index (χ4n) is 3.58. The molecule has 6 heteroatoms. The summed E-state index contributed by atoms with van der Waals surface area (Å²) in [5.74, 6) is 0. The zero-order valence-electron chi connectivity index (χ0n) is 13.3. The molecule has 2 aliphatic rings. The highest BCUT2D eigenvalue weighted by Crippen LogP contribution is 2.30. The second-order valence-corrected chi connectivity index (χ2v) is 9.87. The van der Waals surface area contributed by atoms with E-state index in [4.69, 9.17) is 0 Å². The Morgan fingerprint density at radius 1 is 1.14 bits per heavy atom. The molecule has 0 amide bonds. The van der Waals surface area contributed by atoms with Crippen LogP contribution in [0, 0.1) is 6.92 Å². The zero-order valence-corrected chi connectivity index (χ0v) is 15.0. The lowest BCUT2D eigenvalue weighted by atomic mass is 10.0. The number of rotatable bonds is 5. The molecule has 2 saturated heterocycles. The topological polar surface area (TPSA) is 40.6 Å². The van der Waals surface area contributed by atoms with E-state index in [0.717, 1.165) is 37.1 Å². The molecule has 0 saturated carbocycles. The van der Waals surface area contributed by atoms with Gasteiger partial charge in [0.2, 0.25) is 0 Å². The van der Waals surface area contributed by atoms with Crippen LogP contribution in [0.5, 0.6) is 0 Å². The van der Waals surface area contributed by atoms with Crippen LogP contribution in [0.15, 0.2) is 16.3 Å². The molecule has 124 valence electrons. The van der Waals surface area contributed by atoms with Crippen molar-refractivity contribution in [1.29, 1.82) is 0 Å². The molecule has 0 spiro atoms. The van der Waals surface area contributed by atoms with Crippen molar-refractivity contribution in [3.63, 3.8) is 0 Å². The van der Waals surface area contributed by atoms with Crippen molar-refractivity contribution in [2.45, 2.75) is 55.7 Å². The Bertz CT molecular complexity index is 591. The minimum atomic E-state index is -3.30. The Morgan fingerprint density at radius 3 is 2.55 bits per heavy atom. The van der Waals surface area contributed by atoms with Gasteiger partial charge in [-0.1, -0.05) is 6.42 Å². The van der Waals surface area contributed by atoms with Gasteiger partial charge in [-0.05, 0) is 70.8 Å². The molecular formula is C16H26N2O2S2. The first-order valence-corrected chi connectivity index (χ1v) is 10.6. The van der Waals surface area contributed by atoms with Crippen molar-refractivity contribution >= 4 is 21.4 Å². The minimum absolute atomic E-state index is 0.182. The highest BCUT2D eigenvalue weighted by Gasteiger charge is 2.34. The molecule has 0 radical (unpaired) electrons. The summed E-state index contributed by atoms with van der Waals surface area (Å²) in [6.07, 6.45) is 6.72. The van der Waals surface area contributed by atoms with E-state index in [0.29, 0.717) is 10.8 Å². The number of nitrogens with zero attached hydrogens (tertiary/aromatic N) is 2. The summed E-state index contributed by atoms with van der Waals surface area (Å²) < 4.78 is 28.2. The smallest absolute Gasteiger partial charge is 0.252 e. The van der Waals surface area contributed by atoms with Crippen molar-refractivity contribution in [3.05, 3.63) is 17.0 Å². The van der Waals surface area contributed by atoms with E-state index < -0.39 is 10.0 Å². The number of hydrogen-bond acceptors (Lipinski definition) is 4. The van der Waals surface area contributed by atoms with Crippen molar-refractivity contribution < 1.29 is 8.42 Å². The van der Waals surface area contributed by atoms with Gasteiger partial charge in [-0.25, -0.2) is 8.42 Å². The Morgan fingerprint density at radius 2 is 1.86 bits per heavy atom. The maximum Gasteiger partial charge on any atom is 0.252 e. The molecule has 1 aromatic rings. The third-order valence-electron chi connectivity index (χ3n) is 4.83.